The van der Waals surface area contributed by atoms with E-state index in [1.54, 1.807) is 23.7 Å². The lowest BCUT2D eigenvalue weighted by Gasteiger charge is -1.99. The average molecular weight is 318 g/mol. The number of pyridine rings is 1. The van der Waals surface area contributed by atoms with E-state index in [0.717, 1.165) is 32.1 Å². The Balaban J connectivity index is 1.67. The van der Waals surface area contributed by atoms with Crippen LogP contribution in [0.3, 0.4) is 0 Å². The molecule has 0 amide bonds. The Morgan fingerprint density at radius 1 is 1.17 bits per heavy atom. The number of rotatable bonds is 2. The Morgan fingerprint density at radius 2 is 2.00 bits per heavy atom. The molecule has 0 saturated heterocycles. The number of thiazole rings is 1. The number of fused-ring (bicyclic) bond motifs is 1. The van der Waals surface area contributed by atoms with E-state index in [1.807, 2.05) is 36.5 Å². The van der Waals surface area contributed by atoms with Crippen molar-refractivity contribution in [2.24, 2.45) is 0 Å². The summed E-state index contributed by atoms with van der Waals surface area (Å²) in [5, 5.41) is 0.943. The van der Waals surface area contributed by atoms with Crippen molar-refractivity contribution in [3.63, 3.8) is 0 Å². The van der Waals surface area contributed by atoms with Crippen molar-refractivity contribution in [3.05, 3.63) is 76.1 Å². The third-order valence-corrected chi connectivity index (χ3v) is 5.07. The first-order chi connectivity index (χ1) is 11.2. The lowest BCUT2D eigenvalue weighted by atomic mass is 10.1. The summed E-state index contributed by atoms with van der Waals surface area (Å²) >= 11 is 1.59. The predicted molar refractivity (Wildman–Crippen MR) is 92.5 cm³/mol. The molecule has 0 saturated carbocycles. The molecule has 1 aliphatic carbocycles. The lowest BCUT2D eigenvalue weighted by molar-refractivity contribution is 0.104. The number of Topliss-reactive ketones (excluding diaryl/α,β-unsaturated/α-hetero) is 1. The molecule has 4 rings (SSSR count). The van der Waals surface area contributed by atoms with Gasteiger partial charge < -0.3 is 0 Å². The van der Waals surface area contributed by atoms with E-state index >= 15 is 0 Å². The molecule has 2 aromatic heterocycles. The van der Waals surface area contributed by atoms with Gasteiger partial charge in [-0.2, -0.15) is 0 Å². The highest BCUT2D eigenvalue weighted by Gasteiger charge is 2.25. The van der Waals surface area contributed by atoms with Crippen LogP contribution in [-0.4, -0.2) is 15.8 Å². The van der Waals surface area contributed by atoms with E-state index in [4.69, 9.17) is 0 Å². The third kappa shape index (κ3) is 2.51. The monoisotopic (exact) mass is 318 g/mol. The van der Waals surface area contributed by atoms with Crippen LogP contribution in [-0.2, 0) is 6.42 Å². The van der Waals surface area contributed by atoms with E-state index in [9.17, 15) is 4.79 Å². The fraction of sp³-hybridized carbons (Fsp3) is 0.105. The summed E-state index contributed by atoms with van der Waals surface area (Å²) < 4.78 is 0. The summed E-state index contributed by atoms with van der Waals surface area (Å²) in [7, 11) is 0. The van der Waals surface area contributed by atoms with Crippen molar-refractivity contribution < 1.29 is 4.79 Å². The Hall–Kier alpha value is -2.59. The summed E-state index contributed by atoms with van der Waals surface area (Å²) in [5.74, 6) is 0.141. The molecule has 0 atom stereocenters. The summed E-state index contributed by atoms with van der Waals surface area (Å²) in [6.45, 7) is 2.06. The second kappa shape index (κ2) is 5.56. The Kier molecular flexibility index (Phi) is 3.39. The summed E-state index contributed by atoms with van der Waals surface area (Å²) in [5.41, 5.74) is 5.07. The van der Waals surface area contributed by atoms with Crippen LogP contribution < -0.4 is 0 Å². The zero-order valence-electron chi connectivity index (χ0n) is 12.6. The molecule has 0 unspecified atom stereocenters. The number of carbonyl (C=O) groups excluding carboxylic acids is 1. The van der Waals surface area contributed by atoms with Gasteiger partial charge in [0.05, 0.1) is 0 Å². The number of aromatic nitrogens is 2. The minimum Gasteiger partial charge on any atom is -0.289 e. The smallest absolute Gasteiger partial charge is 0.189 e. The van der Waals surface area contributed by atoms with Crippen LogP contribution >= 0.6 is 11.3 Å². The number of allylic oxidation sites excluding steroid dienone is 1. The second-order valence-corrected chi connectivity index (χ2v) is 6.64. The number of ketones is 1. The maximum absolute atomic E-state index is 12.5. The molecule has 2 heterocycles. The van der Waals surface area contributed by atoms with E-state index < -0.39 is 0 Å². The zero-order chi connectivity index (χ0) is 15.8. The van der Waals surface area contributed by atoms with Gasteiger partial charge in [0.2, 0.25) is 0 Å². The maximum atomic E-state index is 12.5. The zero-order valence-corrected chi connectivity index (χ0v) is 13.4. The van der Waals surface area contributed by atoms with Gasteiger partial charge >= 0.3 is 0 Å². The van der Waals surface area contributed by atoms with Crippen molar-refractivity contribution in [1.82, 2.24) is 9.97 Å². The fourth-order valence-corrected chi connectivity index (χ4v) is 3.75. The first kappa shape index (κ1) is 14.0. The van der Waals surface area contributed by atoms with Gasteiger partial charge in [-0.1, -0.05) is 18.2 Å². The average Bonchev–Trinajstić information content (AvgIpc) is 3.16. The molecule has 0 radical (unpaired) electrons. The van der Waals surface area contributed by atoms with Crippen molar-refractivity contribution in [1.29, 1.82) is 0 Å². The fourth-order valence-electron chi connectivity index (χ4n) is 2.86. The number of benzene rings is 1. The number of hydrogen-bond acceptors (Lipinski definition) is 4. The molecule has 3 aromatic rings. The number of nitrogens with zero attached hydrogens (tertiary/aromatic N) is 2. The van der Waals surface area contributed by atoms with Gasteiger partial charge in [0.1, 0.15) is 5.01 Å². The van der Waals surface area contributed by atoms with Gasteiger partial charge in [0.25, 0.3) is 0 Å². The van der Waals surface area contributed by atoms with E-state index in [0.29, 0.717) is 6.42 Å². The molecule has 0 N–H and O–H groups in total. The molecular formula is C19H14N2OS. The van der Waals surface area contributed by atoms with Gasteiger partial charge in [0.15, 0.2) is 5.78 Å². The molecule has 0 aliphatic heterocycles. The third-order valence-electron chi connectivity index (χ3n) is 4.08. The van der Waals surface area contributed by atoms with Crippen LogP contribution in [0.15, 0.2) is 54.5 Å². The van der Waals surface area contributed by atoms with Gasteiger partial charge in [-0.25, -0.2) is 4.98 Å². The minimum absolute atomic E-state index is 0.141. The predicted octanol–water partition coefficient (Wildman–Crippen LogP) is 4.34. The van der Waals surface area contributed by atoms with E-state index in [2.05, 4.69) is 23.0 Å². The van der Waals surface area contributed by atoms with E-state index in [-0.39, 0.29) is 5.78 Å². The number of aryl methyl sites for hydroxylation is 1. The second-order valence-electron chi connectivity index (χ2n) is 5.58. The maximum Gasteiger partial charge on any atom is 0.189 e. The SMILES string of the molecule is Cc1cccc2c1C/C(=C/c1cnc(-c3ccncc3)s1)C2=O. The van der Waals surface area contributed by atoms with Crippen molar-refractivity contribution in [2.75, 3.05) is 0 Å². The van der Waals surface area contributed by atoms with E-state index in [1.165, 1.54) is 5.56 Å². The molecule has 4 heteroatoms. The number of carbonyl (C=O) groups is 1. The normalized spacial score (nSPS) is 15.2. The summed E-state index contributed by atoms with van der Waals surface area (Å²) in [4.78, 5) is 22.0. The van der Waals surface area contributed by atoms with Crippen LogP contribution in [0, 0.1) is 6.92 Å². The highest BCUT2D eigenvalue weighted by Crippen LogP contribution is 2.32. The topological polar surface area (TPSA) is 42.9 Å². The molecule has 0 spiro atoms. The largest absolute Gasteiger partial charge is 0.289 e. The van der Waals surface area contributed by atoms with Gasteiger partial charge in [-0.05, 0) is 36.3 Å². The van der Waals surface area contributed by atoms with Crippen molar-refractivity contribution >= 4 is 23.2 Å². The van der Waals surface area contributed by atoms with Crippen molar-refractivity contribution in [3.8, 4) is 10.6 Å². The van der Waals surface area contributed by atoms with Crippen LogP contribution in [0.25, 0.3) is 16.6 Å². The standard InChI is InChI=1S/C19H14N2OS/c1-12-3-2-4-16-17(12)10-14(18(16)22)9-15-11-21-19(23-15)13-5-7-20-8-6-13/h2-9,11H,10H2,1H3/b14-9-. The van der Waals surface area contributed by atoms with Crippen LogP contribution in [0.2, 0.25) is 0 Å². The Labute approximate surface area is 138 Å². The molecule has 23 heavy (non-hydrogen) atoms. The molecule has 112 valence electrons. The molecule has 3 nitrogen and oxygen atoms in total. The van der Waals surface area contributed by atoms with Crippen LogP contribution in [0.1, 0.15) is 26.4 Å². The van der Waals surface area contributed by atoms with Gasteiger partial charge in [-0.15, -0.1) is 11.3 Å². The lowest BCUT2D eigenvalue weighted by Crippen LogP contribution is -1.94. The van der Waals surface area contributed by atoms with Crippen LogP contribution in [0.4, 0.5) is 0 Å². The highest BCUT2D eigenvalue weighted by molar-refractivity contribution is 7.15. The first-order valence-electron chi connectivity index (χ1n) is 7.42. The molecular weight excluding hydrogens is 304 g/mol. The van der Waals surface area contributed by atoms with Crippen LogP contribution in [0.5, 0.6) is 0 Å². The molecule has 1 aromatic carbocycles. The Bertz CT molecular complexity index is 926. The van der Waals surface area contributed by atoms with Gasteiger partial charge in [0, 0.05) is 46.6 Å². The Morgan fingerprint density at radius 3 is 2.78 bits per heavy atom. The first-order valence-corrected chi connectivity index (χ1v) is 8.24. The quantitative estimate of drug-likeness (QED) is 0.660. The molecule has 0 fully saturated rings. The highest BCUT2D eigenvalue weighted by atomic mass is 32.1. The van der Waals surface area contributed by atoms with Gasteiger partial charge in [-0.3, -0.25) is 9.78 Å². The van der Waals surface area contributed by atoms with Crippen molar-refractivity contribution in [2.45, 2.75) is 13.3 Å². The molecule has 0 bridgehead atoms. The number of hydrogen-bond donors (Lipinski definition) is 0. The minimum atomic E-state index is 0.141. The summed E-state index contributed by atoms with van der Waals surface area (Å²) in [6, 6.07) is 9.80. The summed E-state index contributed by atoms with van der Waals surface area (Å²) in [6.07, 6.45) is 8.04. The molecule has 1 aliphatic rings.